The van der Waals surface area contributed by atoms with Gasteiger partial charge in [0.05, 0.1) is 5.69 Å². The number of ether oxygens (including phenoxy) is 1. The van der Waals surface area contributed by atoms with Crippen LogP contribution in [0.5, 0.6) is 0 Å². The number of benzene rings is 1. The highest BCUT2D eigenvalue weighted by molar-refractivity contribution is 5.85. The quantitative estimate of drug-likeness (QED) is 0.804. The molecule has 0 aliphatic heterocycles. The first-order valence-corrected chi connectivity index (χ1v) is 8.31. The molecular formula is C18H27FN2O2. The summed E-state index contributed by atoms with van der Waals surface area (Å²) in [6.45, 7) is 7.48. The molecule has 0 radical (unpaired) electrons. The lowest BCUT2D eigenvalue weighted by molar-refractivity contribution is 0.0636. The number of carbonyl (C=O) groups is 1. The second-order valence-electron chi connectivity index (χ2n) is 7.30. The van der Waals surface area contributed by atoms with Crippen LogP contribution in [0.2, 0.25) is 0 Å². The van der Waals surface area contributed by atoms with Crippen LogP contribution in [0.4, 0.5) is 20.6 Å². The van der Waals surface area contributed by atoms with E-state index >= 15 is 0 Å². The van der Waals surface area contributed by atoms with Crippen molar-refractivity contribution in [3.8, 4) is 0 Å². The Morgan fingerprint density at radius 3 is 2.57 bits per heavy atom. The minimum atomic E-state index is -0.567. The molecule has 1 amide bonds. The summed E-state index contributed by atoms with van der Waals surface area (Å²) in [7, 11) is 0. The van der Waals surface area contributed by atoms with Crippen molar-refractivity contribution in [3.63, 3.8) is 0 Å². The Labute approximate surface area is 137 Å². The van der Waals surface area contributed by atoms with Crippen molar-refractivity contribution < 1.29 is 13.9 Å². The summed E-state index contributed by atoms with van der Waals surface area (Å²) in [6, 6.07) is 4.72. The van der Waals surface area contributed by atoms with Crippen molar-refractivity contribution in [2.45, 2.75) is 65.0 Å². The van der Waals surface area contributed by atoms with Crippen LogP contribution in [0.1, 0.15) is 53.4 Å². The molecule has 0 spiro atoms. The van der Waals surface area contributed by atoms with Gasteiger partial charge in [0.25, 0.3) is 0 Å². The van der Waals surface area contributed by atoms with E-state index in [1.54, 1.807) is 26.8 Å². The van der Waals surface area contributed by atoms with Crippen molar-refractivity contribution in [2.24, 2.45) is 5.92 Å². The molecule has 0 aromatic heterocycles. The zero-order valence-corrected chi connectivity index (χ0v) is 14.4. The largest absolute Gasteiger partial charge is 0.444 e. The van der Waals surface area contributed by atoms with Crippen LogP contribution in [0.25, 0.3) is 0 Å². The van der Waals surface area contributed by atoms with Crippen LogP contribution in [0, 0.1) is 11.7 Å². The lowest BCUT2D eigenvalue weighted by atomic mass is 9.99. The van der Waals surface area contributed by atoms with Crippen LogP contribution in [-0.2, 0) is 4.74 Å². The molecule has 128 valence electrons. The van der Waals surface area contributed by atoms with Gasteiger partial charge >= 0.3 is 6.09 Å². The number of hydrogen-bond acceptors (Lipinski definition) is 3. The van der Waals surface area contributed by atoms with Crippen molar-refractivity contribution in [1.29, 1.82) is 0 Å². The maximum Gasteiger partial charge on any atom is 0.412 e. The van der Waals surface area contributed by atoms with E-state index in [-0.39, 0.29) is 11.9 Å². The Balaban J connectivity index is 2.02. The van der Waals surface area contributed by atoms with Crippen molar-refractivity contribution >= 4 is 17.5 Å². The van der Waals surface area contributed by atoms with E-state index in [4.69, 9.17) is 4.74 Å². The zero-order chi connectivity index (χ0) is 17.0. The predicted octanol–water partition coefficient (Wildman–Crippen LogP) is 5.16. The van der Waals surface area contributed by atoms with Gasteiger partial charge in [0.15, 0.2) is 0 Å². The minimum Gasteiger partial charge on any atom is -0.444 e. The lowest BCUT2D eigenvalue weighted by Crippen LogP contribution is -2.27. The highest BCUT2D eigenvalue weighted by atomic mass is 19.1. The first-order valence-electron chi connectivity index (χ1n) is 8.31. The molecule has 1 aromatic rings. The van der Waals surface area contributed by atoms with Crippen LogP contribution in [-0.4, -0.2) is 17.7 Å². The van der Waals surface area contributed by atoms with Gasteiger partial charge in [-0.05, 0) is 64.7 Å². The second kappa shape index (κ2) is 7.20. The summed E-state index contributed by atoms with van der Waals surface area (Å²) < 4.78 is 19.2. The van der Waals surface area contributed by atoms with Gasteiger partial charge in [-0.25, -0.2) is 9.18 Å². The normalized spacial score (nSPS) is 16.9. The van der Waals surface area contributed by atoms with Crippen LogP contribution < -0.4 is 10.6 Å². The summed E-state index contributed by atoms with van der Waals surface area (Å²) in [5.74, 6) is 0.265. The average Bonchev–Trinajstić information content (AvgIpc) is 2.94. The smallest absolute Gasteiger partial charge is 0.412 e. The van der Waals surface area contributed by atoms with Gasteiger partial charge in [-0.2, -0.15) is 0 Å². The summed E-state index contributed by atoms with van der Waals surface area (Å²) in [6.07, 6.45) is 4.33. The van der Waals surface area contributed by atoms with Gasteiger partial charge in [-0.15, -0.1) is 0 Å². The Bertz CT molecular complexity index is 548. The zero-order valence-electron chi connectivity index (χ0n) is 14.4. The van der Waals surface area contributed by atoms with Gasteiger partial charge in [-0.1, -0.05) is 12.8 Å². The third-order valence-corrected chi connectivity index (χ3v) is 4.10. The Morgan fingerprint density at radius 2 is 1.96 bits per heavy atom. The summed E-state index contributed by atoms with van der Waals surface area (Å²) >= 11 is 0. The summed E-state index contributed by atoms with van der Waals surface area (Å²) in [5.41, 5.74) is 0.363. The fourth-order valence-corrected chi connectivity index (χ4v) is 2.96. The van der Waals surface area contributed by atoms with E-state index in [0.29, 0.717) is 17.3 Å². The molecule has 0 bridgehead atoms. The number of anilines is 2. The van der Waals surface area contributed by atoms with Gasteiger partial charge in [0.1, 0.15) is 11.4 Å². The van der Waals surface area contributed by atoms with Crippen molar-refractivity contribution in [2.75, 3.05) is 10.6 Å². The molecule has 0 saturated heterocycles. The number of halogens is 1. The Hall–Kier alpha value is -1.78. The topological polar surface area (TPSA) is 50.4 Å². The molecule has 4 nitrogen and oxygen atoms in total. The minimum absolute atomic E-state index is 0.212. The van der Waals surface area contributed by atoms with Crippen molar-refractivity contribution in [1.82, 2.24) is 0 Å². The van der Waals surface area contributed by atoms with Gasteiger partial charge < -0.3 is 10.1 Å². The third kappa shape index (κ3) is 5.41. The summed E-state index contributed by atoms with van der Waals surface area (Å²) in [4.78, 5) is 11.8. The highest BCUT2D eigenvalue weighted by Crippen LogP contribution is 2.30. The Morgan fingerprint density at radius 1 is 1.30 bits per heavy atom. The van der Waals surface area contributed by atoms with Crippen molar-refractivity contribution in [3.05, 3.63) is 24.0 Å². The standard InChI is InChI=1S/C18H27FN2O2/c1-12(13-7-5-6-8-13)20-16-11-14(9-10-15(16)19)21-17(22)23-18(2,3)4/h9-13,20H,5-8H2,1-4H3,(H,21,22). The number of rotatable bonds is 4. The molecule has 1 aliphatic rings. The predicted molar refractivity (Wildman–Crippen MR) is 91.3 cm³/mol. The monoisotopic (exact) mass is 322 g/mol. The number of nitrogens with one attached hydrogen (secondary N) is 2. The SMILES string of the molecule is CC(Nc1cc(NC(=O)OC(C)(C)C)ccc1F)C1CCCC1. The second-order valence-corrected chi connectivity index (χ2v) is 7.30. The van der Waals surface area contributed by atoms with Crippen LogP contribution >= 0.6 is 0 Å². The van der Waals surface area contributed by atoms with E-state index in [0.717, 1.165) is 0 Å². The number of hydrogen-bond donors (Lipinski definition) is 2. The molecular weight excluding hydrogens is 295 g/mol. The van der Waals surface area contributed by atoms with E-state index < -0.39 is 11.7 Å². The van der Waals surface area contributed by atoms with E-state index in [1.165, 1.54) is 37.8 Å². The van der Waals surface area contributed by atoms with Gasteiger partial charge in [0, 0.05) is 11.7 Å². The molecule has 23 heavy (non-hydrogen) atoms. The molecule has 2 N–H and O–H groups in total. The molecule has 0 heterocycles. The van der Waals surface area contributed by atoms with E-state index in [9.17, 15) is 9.18 Å². The lowest BCUT2D eigenvalue weighted by Gasteiger charge is -2.23. The van der Waals surface area contributed by atoms with Crippen LogP contribution in [0.3, 0.4) is 0 Å². The molecule has 1 saturated carbocycles. The van der Waals surface area contributed by atoms with E-state index in [2.05, 4.69) is 17.6 Å². The third-order valence-electron chi connectivity index (χ3n) is 4.10. The fourth-order valence-electron chi connectivity index (χ4n) is 2.96. The maximum atomic E-state index is 14.0. The molecule has 1 aliphatic carbocycles. The summed E-state index contributed by atoms with van der Waals surface area (Å²) in [5, 5.41) is 5.89. The van der Waals surface area contributed by atoms with Crippen LogP contribution in [0.15, 0.2) is 18.2 Å². The molecule has 5 heteroatoms. The van der Waals surface area contributed by atoms with Gasteiger partial charge in [-0.3, -0.25) is 5.32 Å². The molecule has 1 atom stereocenters. The first kappa shape index (κ1) is 17.6. The number of carbonyl (C=O) groups excluding carboxylic acids is 1. The van der Waals surface area contributed by atoms with E-state index in [1.807, 2.05) is 0 Å². The highest BCUT2D eigenvalue weighted by Gasteiger charge is 2.22. The molecule has 1 fully saturated rings. The molecule has 2 rings (SSSR count). The molecule has 1 unspecified atom stereocenters. The van der Waals surface area contributed by atoms with Gasteiger partial charge in [0.2, 0.25) is 0 Å². The fraction of sp³-hybridized carbons (Fsp3) is 0.611. The number of amides is 1. The maximum absolute atomic E-state index is 14.0. The average molecular weight is 322 g/mol. The Kier molecular flexibility index (Phi) is 5.50. The first-order chi connectivity index (χ1) is 10.7. The molecule has 1 aromatic carbocycles.